The number of benzene rings is 3. The highest BCUT2D eigenvalue weighted by Crippen LogP contribution is 2.38. The molecular weight excluding hydrogens is 458 g/mol. The molecule has 0 bridgehead atoms. The van der Waals surface area contributed by atoms with E-state index in [2.05, 4.69) is 19.9 Å². The van der Waals surface area contributed by atoms with Crippen LogP contribution in [0.2, 0.25) is 0 Å². The lowest BCUT2D eigenvalue weighted by molar-refractivity contribution is 0.402. The molecule has 1 atom stereocenters. The normalized spacial score (nSPS) is 16.6. The highest BCUT2D eigenvalue weighted by Gasteiger charge is 2.32. The maximum Gasteiger partial charge on any atom is 0.266 e. The zero-order valence-corrected chi connectivity index (χ0v) is 20.0. The summed E-state index contributed by atoms with van der Waals surface area (Å²) in [7, 11) is -0.0125. The van der Waals surface area contributed by atoms with Crippen LogP contribution in [-0.4, -0.2) is 33.4 Å². The van der Waals surface area contributed by atoms with Gasteiger partial charge in [-0.05, 0) is 49.0 Å². The average molecular weight is 485 g/mol. The third-order valence-electron chi connectivity index (χ3n) is 5.66. The molecule has 0 fully saturated rings. The van der Waals surface area contributed by atoms with Crippen LogP contribution in [0.3, 0.4) is 0 Å². The molecule has 0 amide bonds. The first-order valence-corrected chi connectivity index (χ1v) is 12.3. The minimum absolute atomic E-state index is 0.0162. The van der Waals surface area contributed by atoms with Gasteiger partial charge in [0, 0.05) is 18.0 Å². The minimum atomic E-state index is -3.99. The third kappa shape index (κ3) is 4.95. The Morgan fingerprint density at radius 2 is 1.62 bits per heavy atom. The quantitative estimate of drug-likeness (QED) is 0.543. The number of fused-ring (bicyclic) bond motifs is 1. The number of guanidine groups is 1. The average Bonchev–Trinajstić information content (AvgIpc) is 2.77. The highest BCUT2D eigenvalue weighted by atomic mass is 32.2. The van der Waals surface area contributed by atoms with Crippen LogP contribution in [0.5, 0.6) is 0 Å². The molecule has 3 aromatic carbocycles. The van der Waals surface area contributed by atoms with Gasteiger partial charge in [-0.25, -0.2) is 26.9 Å². The number of nitrogens with one attached hydrogen (secondary N) is 2. The van der Waals surface area contributed by atoms with E-state index in [-0.39, 0.29) is 34.2 Å². The largest absolute Gasteiger partial charge is 0.324 e. The summed E-state index contributed by atoms with van der Waals surface area (Å²) in [5.74, 6) is -1.87. The lowest BCUT2D eigenvalue weighted by Gasteiger charge is -2.26. The Kier molecular flexibility index (Phi) is 6.67. The molecule has 34 heavy (non-hydrogen) atoms. The van der Waals surface area contributed by atoms with Crippen LogP contribution < -0.4 is 10.0 Å². The lowest BCUT2D eigenvalue weighted by Crippen LogP contribution is -2.41. The monoisotopic (exact) mass is 484 g/mol. The third-order valence-corrected chi connectivity index (χ3v) is 7.05. The van der Waals surface area contributed by atoms with Crippen molar-refractivity contribution in [3.05, 3.63) is 94.6 Å². The molecule has 0 aliphatic carbocycles. The van der Waals surface area contributed by atoms with Crippen molar-refractivity contribution in [2.75, 3.05) is 19.4 Å². The Balaban J connectivity index is 1.67. The van der Waals surface area contributed by atoms with Gasteiger partial charge < -0.3 is 10.2 Å². The van der Waals surface area contributed by atoms with E-state index in [1.54, 1.807) is 25.1 Å². The van der Waals surface area contributed by atoms with E-state index in [0.29, 0.717) is 0 Å². The zero-order chi connectivity index (χ0) is 24.5. The molecule has 0 unspecified atom stereocenters. The van der Waals surface area contributed by atoms with Gasteiger partial charge in [0.2, 0.25) is 5.96 Å². The fraction of sp³-hybridized carbons (Fsp3) is 0.240. The number of rotatable bonds is 6. The number of halogens is 2. The topological polar surface area (TPSA) is 73.8 Å². The molecule has 6 nitrogen and oxygen atoms in total. The van der Waals surface area contributed by atoms with E-state index in [9.17, 15) is 17.2 Å². The Morgan fingerprint density at radius 3 is 2.29 bits per heavy atom. The van der Waals surface area contributed by atoms with Gasteiger partial charge in [0.15, 0.2) is 0 Å². The van der Waals surface area contributed by atoms with Crippen molar-refractivity contribution in [2.45, 2.75) is 30.8 Å². The van der Waals surface area contributed by atoms with Crippen molar-refractivity contribution >= 4 is 21.7 Å². The smallest absolute Gasteiger partial charge is 0.266 e. The summed E-state index contributed by atoms with van der Waals surface area (Å²) in [6.45, 7) is 2.66. The number of hydrogen-bond acceptors (Lipinski definition) is 4. The van der Waals surface area contributed by atoms with E-state index in [1.807, 2.05) is 38.4 Å². The summed E-state index contributed by atoms with van der Waals surface area (Å²) in [6, 6.07) is 16.2. The van der Waals surface area contributed by atoms with Crippen LogP contribution >= 0.6 is 0 Å². The van der Waals surface area contributed by atoms with Gasteiger partial charge in [0.05, 0.1) is 12.2 Å². The number of hydrogen-bond donors (Lipinski definition) is 2. The number of anilines is 1. The minimum Gasteiger partial charge on any atom is -0.324 e. The summed E-state index contributed by atoms with van der Waals surface area (Å²) in [5, 5.41) is 2.93. The van der Waals surface area contributed by atoms with Crippen LogP contribution in [-0.2, 0) is 23.1 Å². The predicted molar refractivity (Wildman–Crippen MR) is 129 cm³/mol. The van der Waals surface area contributed by atoms with Crippen LogP contribution in [0.15, 0.2) is 70.6 Å². The molecule has 178 valence electrons. The fourth-order valence-electron chi connectivity index (χ4n) is 4.02. The van der Waals surface area contributed by atoms with Gasteiger partial charge in [0.25, 0.3) is 10.0 Å². The number of sulfonamides is 1. The molecule has 3 aromatic rings. The van der Waals surface area contributed by atoms with Gasteiger partial charge >= 0.3 is 0 Å². The van der Waals surface area contributed by atoms with E-state index in [0.717, 1.165) is 23.7 Å². The standard InChI is InChI=1S/C25H26F2N4O2S/c1-16(19-6-4-5-7-20(19)26)23-21(27)12-13-22-24(23)29-25(30-34(22,32)33)28-14-17-8-10-18(11-9-17)15-31(2)3/h4-13,16H,14-15H2,1-3H3,(H2,28,29,30)/t16-/m1/s1. The van der Waals surface area contributed by atoms with E-state index >= 15 is 0 Å². The predicted octanol–water partition coefficient (Wildman–Crippen LogP) is 4.44. The van der Waals surface area contributed by atoms with Gasteiger partial charge in [-0.15, -0.1) is 0 Å². The second-order valence-corrected chi connectivity index (χ2v) is 10.2. The molecule has 1 aliphatic heterocycles. The fourth-order valence-corrected chi connectivity index (χ4v) is 5.17. The summed E-state index contributed by atoms with van der Waals surface area (Å²) < 4.78 is 57.6. The first-order chi connectivity index (χ1) is 16.2. The summed E-state index contributed by atoms with van der Waals surface area (Å²) in [4.78, 5) is 6.32. The molecule has 1 heterocycles. The maximum atomic E-state index is 15.0. The summed E-state index contributed by atoms with van der Waals surface area (Å²) >= 11 is 0. The molecule has 0 radical (unpaired) electrons. The Hall–Kier alpha value is -3.30. The molecule has 0 saturated heterocycles. The summed E-state index contributed by atoms with van der Waals surface area (Å²) in [6.07, 6.45) is 0. The second kappa shape index (κ2) is 9.52. The van der Waals surface area contributed by atoms with Gasteiger partial charge in [0.1, 0.15) is 16.5 Å². The van der Waals surface area contributed by atoms with Gasteiger partial charge in [-0.3, -0.25) is 0 Å². The maximum absolute atomic E-state index is 15.0. The molecule has 2 N–H and O–H groups in total. The highest BCUT2D eigenvalue weighted by molar-refractivity contribution is 7.90. The molecule has 0 spiro atoms. The first-order valence-electron chi connectivity index (χ1n) is 10.8. The Bertz CT molecular complexity index is 1340. The van der Waals surface area contributed by atoms with Crippen LogP contribution in [0.1, 0.15) is 35.1 Å². The second-order valence-electron chi connectivity index (χ2n) is 8.53. The van der Waals surface area contributed by atoms with E-state index in [4.69, 9.17) is 0 Å². The molecule has 4 rings (SSSR count). The molecule has 0 saturated carbocycles. The van der Waals surface area contributed by atoms with Crippen LogP contribution in [0, 0.1) is 11.6 Å². The van der Waals surface area contributed by atoms with Gasteiger partial charge in [-0.2, -0.15) is 0 Å². The molecule has 0 aromatic heterocycles. The SMILES string of the molecule is C[C@H](c1ccccc1F)c1c(F)ccc2c1NC(=NCc1ccc(CN(C)C)cc1)NS2(=O)=O. The number of nitrogens with zero attached hydrogens (tertiary/aromatic N) is 2. The summed E-state index contributed by atoms with van der Waals surface area (Å²) in [5.41, 5.74) is 2.43. The van der Waals surface area contributed by atoms with Crippen LogP contribution in [0.25, 0.3) is 0 Å². The first kappa shape index (κ1) is 23.8. The molecular formula is C25H26F2N4O2S. The van der Waals surface area contributed by atoms with E-state index in [1.165, 1.54) is 12.1 Å². The number of aliphatic imine (C=N–C) groups is 1. The molecule has 9 heteroatoms. The molecule has 1 aliphatic rings. The lowest BCUT2D eigenvalue weighted by atomic mass is 9.91. The van der Waals surface area contributed by atoms with Crippen molar-refractivity contribution in [3.8, 4) is 0 Å². The zero-order valence-electron chi connectivity index (χ0n) is 19.1. The van der Waals surface area contributed by atoms with Crippen molar-refractivity contribution in [2.24, 2.45) is 4.99 Å². The van der Waals surface area contributed by atoms with Crippen molar-refractivity contribution in [3.63, 3.8) is 0 Å². The van der Waals surface area contributed by atoms with E-state index < -0.39 is 27.6 Å². The Labute approximate surface area is 198 Å². The van der Waals surface area contributed by atoms with Crippen molar-refractivity contribution in [1.29, 1.82) is 0 Å². The Morgan fingerprint density at radius 1 is 0.941 bits per heavy atom. The van der Waals surface area contributed by atoms with Crippen LogP contribution in [0.4, 0.5) is 14.5 Å². The van der Waals surface area contributed by atoms with Gasteiger partial charge in [-0.1, -0.05) is 49.4 Å². The van der Waals surface area contributed by atoms with Crippen molar-refractivity contribution < 1.29 is 17.2 Å². The van der Waals surface area contributed by atoms with Crippen molar-refractivity contribution in [1.82, 2.24) is 9.62 Å².